The third-order valence-electron chi connectivity index (χ3n) is 5.37. The fourth-order valence-electron chi connectivity index (χ4n) is 3.29. The van der Waals surface area contributed by atoms with Gasteiger partial charge in [0, 0.05) is 6.42 Å². The summed E-state index contributed by atoms with van der Waals surface area (Å²) in [5.41, 5.74) is 11.9. The average molecular weight is 526 g/mol. The minimum Gasteiger partial charge on any atom is -0.508 e. The molecule has 1 aromatic carbocycles. The SMILES string of the molecule is CC(O)C(NC(=O)C(CC(=O)O)NC(=O)C(Cc1ccc(O)cc1)NC(=O)C(N)CCCCN)C(=O)O. The Hall–Kier alpha value is -3.75. The van der Waals surface area contributed by atoms with Crippen LogP contribution in [0.3, 0.4) is 0 Å². The fourth-order valence-corrected chi connectivity index (χ4v) is 3.29. The minimum absolute atomic E-state index is 0.0278. The van der Waals surface area contributed by atoms with Crippen molar-refractivity contribution in [3.05, 3.63) is 29.8 Å². The van der Waals surface area contributed by atoms with Crippen molar-refractivity contribution in [2.45, 2.75) is 69.3 Å². The van der Waals surface area contributed by atoms with Gasteiger partial charge in [-0.2, -0.15) is 0 Å². The number of aliphatic hydroxyl groups excluding tert-OH is 1. The van der Waals surface area contributed by atoms with Gasteiger partial charge < -0.3 is 47.8 Å². The Kier molecular flexibility index (Phi) is 13.0. The van der Waals surface area contributed by atoms with E-state index in [1.54, 1.807) is 0 Å². The lowest BCUT2D eigenvalue weighted by Crippen LogP contribution is -2.59. The van der Waals surface area contributed by atoms with Gasteiger partial charge in [-0.05, 0) is 44.0 Å². The van der Waals surface area contributed by atoms with Gasteiger partial charge in [0.2, 0.25) is 17.7 Å². The van der Waals surface area contributed by atoms with E-state index in [2.05, 4.69) is 10.6 Å². The van der Waals surface area contributed by atoms with Crippen molar-refractivity contribution in [3.8, 4) is 5.75 Å². The molecule has 0 heterocycles. The second-order valence-corrected chi connectivity index (χ2v) is 8.55. The van der Waals surface area contributed by atoms with Crippen LogP contribution in [-0.2, 0) is 30.4 Å². The van der Waals surface area contributed by atoms with Gasteiger partial charge in [-0.3, -0.25) is 19.2 Å². The highest BCUT2D eigenvalue weighted by Crippen LogP contribution is 2.12. The van der Waals surface area contributed by atoms with Gasteiger partial charge >= 0.3 is 11.9 Å². The summed E-state index contributed by atoms with van der Waals surface area (Å²) in [6.45, 7) is 1.54. The lowest BCUT2D eigenvalue weighted by molar-refractivity contribution is -0.146. The number of phenolic OH excluding ortho intramolecular Hbond substituents is 1. The van der Waals surface area contributed by atoms with E-state index in [1.165, 1.54) is 24.3 Å². The topological polar surface area (TPSA) is 254 Å². The molecule has 0 radical (unpaired) electrons. The lowest BCUT2D eigenvalue weighted by Gasteiger charge is -2.25. The molecule has 0 saturated heterocycles. The van der Waals surface area contributed by atoms with Crippen LogP contribution in [0.2, 0.25) is 0 Å². The number of phenols is 1. The number of nitrogens with one attached hydrogen (secondary N) is 3. The molecule has 0 aliphatic rings. The Morgan fingerprint density at radius 1 is 0.892 bits per heavy atom. The Morgan fingerprint density at radius 3 is 1.97 bits per heavy atom. The van der Waals surface area contributed by atoms with Crippen LogP contribution in [0.1, 0.15) is 38.2 Å². The van der Waals surface area contributed by atoms with Crippen LogP contribution in [-0.4, -0.2) is 86.9 Å². The quantitative estimate of drug-likeness (QED) is 0.104. The van der Waals surface area contributed by atoms with Gasteiger partial charge in [0.1, 0.15) is 17.8 Å². The van der Waals surface area contributed by atoms with Gasteiger partial charge in [-0.25, -0.2) is 4.79 Å². The molecular weight excluding hydrogens is 490 g/mol. The standard InChI is InChI=1S/C23H35N5O9/c1-12(29)19(23(36)37)28-22(35)17(11-18(31)32)27-21(34)16(10-13-5-7-14(30)8-6-13)26-20(33)15(25)4-2-3-9-24/h5-8,12,15-17,19,29-30H,2-4,9-11,24-25H2,1H3,(H,26,33)(H,27,34)(H,28,35)(H,31,32)(H,36,37). The molecule has 0 bridgehead atoms. The van der Waals surface area contributed by atoms with Crippen molar-refractivity contribution < 1.29 is 44.4 Å². The summed E-state index contributed by atoms with van der Waals surface area (Å²) in [5.74, 6) is -5.80. The number of carboxylic acids is 2. The third kappa shape index (κ3) is 11.2. The normalized spacial score (nSPS) is 14.9. The largest absolute Gasteiger partial charge is 0.508 e. The molecule has 5 atom stereocenters. The zero-order chi connectivity index (χ0) is 28.1. The van der Waals surface area contributed by atoms with Crippen LogP contribution >= 0.6 is 0 Å². The van der Waals surface area contributed by atoms with Crippen molar-refractivity contribution in [1.82, 2.24) is 16.0 Å². The first-order chi connectivity index (χ1) is 17.3. The first-order valence-electron chi connectivity index (χ1n) is 11.6. The van der Waals surface area contributed by atoms with E-state index in [0.29, 0.717) is 31.4 Å². The molecule has 0 aliphatic carbocycles. The molecule has 0 spiro atoms. The number of carbonyl (C=O) groups excluding carboxylic acids is 3. The number of hydrogen-bond acceptors (Lipinski definition) is 9. The number of aliphatic carboxylic acids is 2. The molecule has 0 saturated carbocycles. The second kappa shape index (κ2) is 15.4. The number of carboxylic acid groups (broad SMARTS) is 2. The molecule has 3 amide bonds. The van der Waals surface area contributed by atoms with Crippen LogP contribution in [0, 0.1) is 0 Å². The van der Waals surface area contributed by atoms with Crippen molar-refractivity contribution in [2.75, 3.05) is 6.54 Å². The molecule has 5 unspecified atom stereocenters. The maximum atomic E-state index is 13.1. The molecular formula is C23H35N5O9. The van der Waals surface area contributed by atoms with Crippen LogP contribution < -0.4 is 27.4 Å². The number of rotatable bonds is 16. The van der Waals surface area contributed by atoms with Crippen molar-refractivity contribution in [1.29, 1.82) is 0 Å². The van der Waals surface area contributed by atoms with E-state index in [9.17, 15) is 44.4 Å². The summed E-state index contributed by atoms with van der Waals surface area (Å²) in [6.07, 6.45) is -0.980. The van der Waals surface area contributed by atoms with Crippen molar-refractivity contribution >= 4 is 29.7 Å². The van der Waals surface area contributed by atoms with Crippen LogP contribution in [0.25, 0.3) is 0 Å². The number of aliphatic hydroxyl groups is 1. The molecule has 206 valence electrons. The summed E-state index contributed by atoms with van der Waals surface area (Å²) >= 11 is 0. The van der Waals surface area contributed by atoms with Gasteiger partial charge in [-0.1, -0.05) is 18.6 Å². The Balaban J connectivity index is 3.11. The molecule has 0 aliphatic heterocycles. The fraction of sp³-hybridized carbons (Fsp3) is 0.522. The lowest BCUT2D eigenvalue weighted by atomic mass is 10.0. The highest BCUT2D eigenvalue weighted by Gasteiger charge is 2.33. The maximum absolute atomic E-state index is 13.1. The summed E-state index contributed by atoms with van der Waals surface area (Å²) in [5, 5.41) is 44.2. The number of nitrogens with two attached hydrogens (primary N) is 2. The first kappa shape index (κ1) is 31.3. The average Bonchev–Trinajstić information content (AvgIpc) is 2.82. The number of carbonyl (C=O) groups is 5. The zero-order valence-corrected chi connectivity index (χ0v) is 20.4. The third-order valence-corrected chi connectivity index (χ3v) is 5.37. The summed E-state index contributed by atoms with van der Waals surface area (Å²) in [4.78, 5) is 61.0. The van der Waals surface area contributed by atoms with Gasteiger partial charge in [-0.15, -0.1) is 0 Å². The van der Waals surface area contributed by atoms with E-state index >= 15 is 0 Å². The van der Waals surface area contributed by atoms with Gasteiger partial charge in [0.15, 0.2) is 6.04 Å². The van der Waals surface area contributed by atoms with Crippen LogP contribution in [0.4, 0.5) is 0 Å². The molecule has 11 N–H and O–H groups in total. The van der Waals surface area contributed by atoms with Gasteiger partial charge in [0.05, 0.1) is 18.6 Å². The molecule has 0 fully saturated rings. The molecule has 1 rings (SSSR count). The molecule has 0 aromatic heterocycles. The van der Waals surface area contributed by atoms with E-state index in [0.717, 1.165) is 6.92 Å². The highest BCUT2D eigenvalue weighted by molar-refractivity contribution is 5.95. The predicted molar refractivity (Wildman–Crippen MR) is 130 cm³/mol. The number of amides is 3. The number of unbranched alkanes of at least 4 members (excludes halogenated alkanes) is 1. The number of benzene rings is 1. The second-order valence-electron chi connectivity index (χ2n) is 8.55. The maximum Gasteiger partial charge on any atom is 0.328 e. The Morgan fingerprint density at radius 2 is 1.46 bits per heavy atom. The Labute approximate surface area is 213 Å². The van der Waals surface area contributed by atoms with Crippen LogP contribution in [0.15, 0.2) is 24.3 Å². The van der Waals surface area contributed by atoms with Gasteiger partial charge in [0.25, 0.3) is 0 Å². The smallest absolute Gasteiger partial charge is 0.328 e. The highest BCUT2D eigenvalue weighted by atomic mass is 16.4. The molecule has 14 nitrogen and oxygen atoms in total. The zero-order valence-electron chi connectivity index (χ0n) is 20.4. The number of aromatic hydroxyl groups is 1. The van der Waals surface area contributed by atoms with Crippen LogP contribution in [0.5, 0.6) is 5.75 Å². The summed E-state index contributed by atoms with van der Waals surface area (Å²) < 4.78 is 0. The molecule has 37 heavy (non-hydrogen) atoms. The minimum atomic E-state index is -1.75. The van der Waals surface area contributed by atoms with Crippen molar-refractivity contribution in [2.24, 2.45) is 11.5 Å². The van der Waals surface area contributed by atoms with E-state index in [4.69, 9.17) is 11.5 Å². The predicted octanol–water partition coefficient (Wildman–Crippen LogP) is -2.21. The first-order valence-corrected chi connectivity index (χ1v) is 11.6. The van der Waals surface area contributed by atoms with Crippen molar-refractivity contribution in [3.63, 3.8) is 0 Å². The molecule has 1 aromatic rings. The molecule has 14 heteroatoms. The van der Waals surface area contributed by atoms with E-state index in [1.807, 2.05) is 5.32 Å². The summed E-state index contributed by atoms with van der Waals surface area (Å²) in [6, 6.07) is 0.0224. The monoisotopic (exact) mass is 525 g/mol. The van der Waals surface area contributed by atoms with E-state index in [-0.39, 0.29) is 12.2 Å². The summed E-state index contributed by atoms with van der Waals surface area (Å²) in [7, 11) is 0. The number of hydrogen-bond donors (Lipinski definition) is 9. The van der Waals surface area contributed by atoms with E-state index < -0.39 is 66.4 Å². The Bertz CT molecular complexity index is 939.